The van der Waals surface area contributed by atoms with Crippen molar-refractivity contribution in [3.05, 3.63) is 36.5 Å². The molecule has 588 valence electrons. The Morgan fingerprint density at radius 2 is 0.640 bits per heavy atom. The van der Waals surface area contributed by atoms with Crippen LogP contribution in [0.1, 0.15) is 341 Å². The van der Waals surface area contributed by atoms with Crippen LogP contribution >= 0.6 is 0 Å². The molecule has 3 heterocycles. The van der Waals surface area contributed by atoms with Crippen molar-refractivity contribution in [3.63, 3.8) is 0 Å². The maximum absolute atomic E-state index is 13.5. The van der Waals surface area contributed by atoms with Crippen LogP contribution in [0, 0.1) is 0 Å². The summed E-state index contributed by atoms with van der Waals surface area (Å²) < 4.78 is 34.4. The van der Waals surface area contributed by atoms with Gasteiger partial charge >= 0.3 is 0 Å². The van der Waals surface area contributed by atoms with Gasteiger partial charge in [-0.2, -0.15) is 0 Å². The van der Waals surface area contributed by atoms with Crippen LogP contribution < -0.4 is 5.32 Å². The van der Waals surface area contributed by atoms with Crippen molar-refractivity contribution in [2.75, 3.05) is 26.4 Å². The van der Waals surface area contributed by atoms with Crippen molar-refractivity contribution in [2.24, 2.45) is 0 Å². The number of aliphatic hydroxyl groups is 11. The minimum absolute atomic E-state index is 0.236. The van der Waals surface area contributed by atoms with Crippen LogP contribution in [0.5, 0.6) is 0 Å². The number of aliphatic hydroxyl groups excluding tert-OH is 11. The third kappa shape index (κ3) is 41.8. The molecule has 100 heavy (non-hydrogen) atoms. The summed E-state index contributed by atoms with van der Waals surface area (Å²) in [6, 6.07) is -0.996. The van der Waals surface area contributed by atoms with Crippen LogP contribution in [0.25, 0.3) is 0 Å². The Kier molecular flexibility index (Phi) is 57.3. The number of rotatable bonds is 66. The van der Waals surface area contributed by atoms with Gasteiger partial charge in [0.05, 0.1) is 38.6 Å². The number of ether oxygens (including phenoxy) is 6. The van der Waals surface area contributed by atoms with Gasteiger partial charge in [-0.25, -0.2) is 0 Å². The molecule has 19 heteroatoms. The van der Waals surface area contributed by atoms with Gasteiger partial charge in [0.15, 0.2) is 18.9 Å². The Labute approximate surface area is 606 Å². The van der Waals surface area contributed by atoms with Gasteiger partial charge in [-0.3, -0.25) is 4.79 Å². The average Bonchev–Trinajstić information content (AvgIpc) is 0.783. The van der Waals surface area contributed by atoms with Crippen LogP contribution in [0.4, 0.5) is 0 Å². The van der Waals surface area contributed by atoms with Crippen LogP contribution in [-0.4, -0.2) is 193 Å². The molecule has 0 aromatic heterocycles. The molecule has 0 aromatic carbocycles. The predicted molar refractivity (Wildman–Crippen MR) is 397 cm³/mol. The highest BCUT2D eigenvalue weighted by molar-refractivity contribution is 5.76. The first-order valence-corrected chi connectivity index (χ1v) is 41.2. The second-order valence-electron chi connectivity index (χ2n) is 29.6. The number of nitrogens with one attached hydrogen (secondary N) is 1. The van der Waals surface area contributed by atoms with E-state index in [4.69, 9.17) is 28.4 Å². The van der Waals surface area contributed by atoms with E-state index in [0.717, 1.165) is 44.9 Å². The van der Waals surface area contributed by atoms with E-state index in [1.807, 2.05) is 6.08 Å². The predicted octanol–water partition coefficient (Wildman–Crippen LogP) is 13.9. The summed E-state index contributed by atoms with van der Waals surface area (Å²) in [6.07, 6.45) is 50.1. The number of carbonyl (C=O) groups excluding carboxylic acids is 1. The molecule has 3 aliphatic heterocycles. The van der Waals surface area contributed by atoms with Crippen LogP contribution in [-0.2, 0) is 33.2 Å². The van der Waals surface area contributed by atoms with E-state index in [-0.39, 0.29) is 18.9 Å². The molecule has 3 aliphatic rings. The van der Waals surface area contributed by atoms with Gasteiger partial charge in [0.2, 0.25) is 5.91 Å². The number of unbranched alkanes of at least 4 members (excludes halogenated alkanes) is 46. The Balaban J connectivity index is 1.37. The zero-order valence-electron chi connectivity index (χ0n) is 62.9. The highest BCUT2D eigenvalue weighted by Crippen LogP contribution is 2.33. The minimum Gasteiger partial charge on any atom is -0.394 e. The van der Waals surface area contributed by atoms with E-state index in [0.29, 0.717) is 12.8 Å². The highest BCUT2D eigenvalue weighted by atomic mass is 16.8. The van der Waals surface area contributed by atoms with E-state index in [1.54, 1.807) is 6.08 Å². The first-order chi connectivity index (χ1) is 48.8. The summed E-state index contributed by atoms with van der Waals surface area (Å²) in [4.78, 5) is 13.5. The summed E-state index contributed by atoms with van der Waals surface area (Å²) in [7, 11) is 0. The lowest BCUT2D eigenvalue weighted by atomic mass is 9.96. The van der Waals surface area contributed by atoms with E-state index in [2.05, 4.69) is 43.5 Å². The molecule has 19 nitrogen and oxygen atoms in total. The van der Waals surface area contributed by atoms with Crippen LogP contribution in [0.2, 0.25) is 0 Å². The lowest BCUT2D eigenvalue weighted by molar-refractivity contribution is -0.379. The molecule has 0 spiro atoms. The topological polar surface area (TPSA) is 307 Å². The number of amides is 1. The lowest BCUT2D eigenvalue weighted by Gasteiger charge is -2.48. The van der Waals surface area contributed by atoms with Crippen molar-refractivity contribution < 1.29 is 89.4 Å². The smallest absolute Gasteiger partial charge is 0.220 e. The molecule has 3 fully saturated rings. The fourth-order valence-electron chi connectivity index (χ4n) is 14.1. The first-order valence-electron chi connectivity index (χ1n) is 41.2. The fraction of sp³-hybridized carbons (Fsp3) is 0.914. The minimum atomic E-state index is -1.98. The molecule has 1 amide bonds. The third-order valence-corrected chi connectivity index (χ3v) is 20.7. The van der Waals surface area contributed by atoms with Gasteiger partial charge in [0, 0.05) is 6.42 Å². The average molecular weight is 1430 g/mol. The second kappa shape index (κ2) is 62.1. The molecule has 0 radical (unpaired) electrons. The molecule has 17 atom stereocenters. The normalized spacial score (nSPS) is 26.6. The zero-order valence-corrected chi connectivity index (χ0v) is 62.9. The van der Waals surface area contributed by atoms with E-state index in [1.165, 1.54) is 263 Å². The summed E-state index contributed by atoms with van der Waals surface area (Å²) in [5.74, 6) is -0.282. The first kappa shape index (κ1) is 92.2. The van der Waals surface area contributed by atoms with Gasteiger partial charge < -0.3 is 89.9 Å². The molecule has 3 rings (SSSR count). The standard InChI is InChI=1S/C81H151NO18/c1-3-5-7-9-11-13-15-17-19-21-23-25-27-29-30-31-32-33-34-35-37-39-41-43-45-47-49-51-53-55-57-59-69(87)82-64(65(86)58-56-54-52-50-48-46-44-42-40-38-36-28-26-24-22-20-18-16-14-12-10-8-6-4-2)63-95-79-75(93)72(90)77(67(61-84)97-79)100-81-76(94)73(91)78(68(62-85)98-81)99-80-74(92)71(89)70(88)66(60-83)96-80/h40,42,48,50,56,58,64-68,70-81,83-86,88-94H,3-39,41,43-47,49,51-55,57,59-63H2,1-2H3,(H,82,87)/b42-40+,50-48+,58-56+. The quantitative estimate of drug-likeness (QED) is 0.0199. The van der Waals surface area contributed by atoms with Crippen molar-refractivity contribution >= 4 is 5.91 Å². The van der Waals surface area contributed by atoms with Gasteiger partial charge in [-0.15, -0.1) is 0 Å². The Hall–Kier alpha value is -1.99. The summed E-state index contributed by atoms with van der Waals surface area (Å²) in [6.45, 7) is 1.77. The van der Waals surface area contributed by atoms with E-state index >= 15 is 0 Å². The van der Waals surface area contributed by atoms with Gasteiger partial charge in [0.1, 0.15) is 73.2 Å². The summed E-state index contributed by atoms with van der Waals surface area (Å²) in [5, 5.41) is 121. The number of carbonyl (C=O) groups is 1. The number of hydrogen-bond acceptors (Lipinski definition) is 18. The molecule has 0 bridgehead atoms. The highest BCUT2D eigenvalue weighted by Gasteiger charge is 2.54. The van der Waals surface area contributed by atoms with E-state index in [9.17, 15) is 61.0 Å². The Morgan fingerprint density at radius 3 is 1.00 bits per heavy atom. The van der Waals surface area contributed by atoms with Crippen molar-refractivity contribution in [1.82, 2.24) is 5.32 Å². The molecule has 0 saturated carbocycles. The largest absolute Gasteiger partial charge is 0.394 e. The Morgan fingerprint density at radius 1 is 0.350 bits per heavy atom. The summed E-state index contributed by atoms with van der Waals surface area (Å²) in [5.41, 5.74) is 0. The molecule has 0 aromatic rings. The van der Waals surface area contributed by atoms with Gasteiger partial charge in [-0.05, 0) is 44.9 Å². The second-order valence-corrected chi connectivity index (χ2v) is 29.6. The number of allylic oxidation sites excluding steroid dienone is 5. The van der Waals surface area contributed by atoms with Crippen LogP contribution in [0.15, 0.2) is 36.5 Å². The molecule has 17 unspecified atom stereocenters. The van der Waals surface area contributed by atoms with Crippen molar-refractivity contribution in [2.45, 2.75) is 446 Å². The number of hydrogen-bond donors (Lipinski definition) is 12. The maximum Gasteiger partial charge on any atom is 0.220 e. The zero-order chi connectivity index (χ0) is 72.5. The van der Waals surface area contributed by atoms with Gasteiger partial charge in [0.25, 0.3) is 0 Å². The monoisotopic (exact) mass is 1430 g/mol. The molecular weight excluding hydrogens is 1270 g/mol. The summed E-state index contributed by atoms with van der Waals surface area (Å²) >= 11 is 0. The fourth-order valence-corrected chi connectivity index (χ4v) is 14.1. The molecule has 3 saturated heterocycles. The van der Waals surface area contributed by atoms with Crippen LogP contribution in [0.3, 0.4) is 0 Å². The Bertz CT molecular complexity index is 1950. The van der Waals surface area contributed by atoms with Crippen molar-refractivity contribution in [1.29, 1.82) is 0 Å². The lowest BCUT2D eigenvalue weighted by Crippen LogP contribution is -2.66. The van der Waals surface area contributed by atoms with Crippen molar-refractivity contribution in [3.8, 4) is 0 Å². The molecular formula is C81H151NO18. The SMILES string of the molecule is CCCCCCCCCCCCCCCC/C=C/CC/C=C/CC/C=C/C(O)C(COC1OC(CO)C(OC2OC(CO)C(OC3OC(CO)C(O)C(O)C3O)C(O)C2O)C(O)C1O)NC(=O)CCCCCCCCCCCCCCCCCCCCCCCCCCCCCCCCC. The molecule has 12 N–H and O–H groups in total. The molecule has 0 aliphatic carbocycles. The van der Waals surface area contributed by atoms with E-state index < -0.39 is 124 Å². The maximum atomic E-state index is 13.5. The third-order valence-electron chi connectivity index (χ3n) is 20.7. The van der Waals surface area contributed by atoms with Gasteiger partial charge in [-0.1, -0.05) is 326 Å².